The summed E-state index contributed by atoms with van der Waals surface area (Å²) in [7, 11) is -2.35. The summed E-state index contributed by atoms with van der Waals surface area (Å²) >= 11 is 3.19. The summed E-state index contributed by atoms with van der Waals surface area (Å²) < 4.78 is 34.0. The summed E-state index contributed by atoms with van der Waals surface area (Å²) in [5.41, 5.74) is 0.452. The number of aryl methyl sites for hydroxylation is 1. The molecule has 1 heterocycles. The number of anilines is 1. The number of nitrogens with two attached hydrogens (primary N) is 1. The maximum Gasteiger partial charge on any atom is 0.349 e. The van der Waals surface area contributed by atoms with Crippen LogP contribution < -0.4 is 20.8 Å². The number of rotatable bonds is 6. The molecule has 0 aliphatic carbocycles. The molecule has 1 amide bonds. The van der Waals surface area contributed by atoms with Crippen molar-refractivity contribution in [3.63, 3.8) is 0 Å². The Morgan fingerprint density at radius 3 is 2.57 bits per heavy atom. The van der Waals surface area contributed by atoms with E-state index in [0.29, 0.717) is 27.6 Å². The van der Waals surface area contributed by atoms with E-state index in [2.05, 4.69) is 21.2 Å². The highest BCUT2D eigenvalue weighted by Gasteiger charge is 2.19. The van der Waals surface area contributed by atoms with Gasteiger partial charge in [0.15, 0.2) is 0 Å². The maximum absolute atomic E-state index is 12.7. The van der Waals surface area contributed by atoms with Gasteiger partial charge in [0.2, 0.25) is 10.0 Å². The van der Waals surface area contributed by atoms with Gasteiger partial charge in [-0.2, -0.15) is 0 Å². The fourth-order valence-electron chi connectivity index (χ4n) is 3.02. The van der Waals surface area contributed by atoms with Crippen LogP contribution in [0.25, 0.3) is 11.0 Å². The van der Waals surface area contributed by atoms with Crippen molar-refractivity contribution in [3.05, 3.63) is 62.4 Å². The zero-order valence-corrected chi connectivity index (χ0v) is 18.6. The molecule has 10 heteroatoms. The topological polar surface area (TPSA) is 129 Å². The van der Waals surface area contributed by atoms with Crippen LogP contribution in [0.3, 0.4) is 0 Å². The largest absolute Gasteiger partial charge is 0.496 e. The third kappa shape index (κ3) is 4.40. The summed E-state index contributed by atoms with van der Waals surface area (Å²) in [5.74, 6) is -0.0776. The Hall–Kier alpha value is -2.69. The SMILES string of the molecule is CCCc1c(OC)ccc2cc(C(=O)Nc3ccc(S(N)(=O)=O)cc3Br)c(=O)oc12. The third-order valence-electron chi connectivity index (χ3n) is 4.44. The molecule has 1 aromatic heterocycles. The van der Waals surface area contributed by atoms with Crippen LogP contribution in [-0.2, 0) is 16.4 Å². The van der Waals surface area contributed by atoms with Crippen molar-refractivity contribution in [2.24, 2.45) is 5.14 Å². The summed E-state index contributed by atoms with van der Waals surface area (Å²) in [6, 6.07) is 8.82. The molecule has 3 rings (SSSR count). The Morgan fingerprint density at radius 1 is 1.23 bits per heavy atom. The molecule has 0 aliphatic heterocycles. The first-order valence-corrected chi connectivity index (χ1v) is 11.3. The van der Waals surface area contributed by atoms with Gasteiger partial charge in [0, 0.05) is 15.4 Å². The molecule has 0 saturated heterocycles. The molecule has 0 fully saturated rings. The smallest absolute Gasteiger partial charge is 0.349 e. The summed E-state index contributed by atoms with van der Waals surface area (Å²) in [6.45, 7) is 2.00. The van der Waals surface area contributed by atoms with Gasteiger partial charge in [0.25, 0.3) is 5.91 Å². The van der Waals surface area contributed by atoms with Crippen LogP contribution in [0.1, 0.15) is 29.3 Å². The molecule has 0 bridgehead atoms. The average molecular weight is 495 g/mol. The molecule has 30 heavy (non-hydrogen) atoms. The minimum atomic E-state index is -3.89. The lowest BCUT2D eigenvalue weighted by atomic mass is 10.0. The first kappa shape index (κ1) is 22.0. The molecule has 0 unspecified atom stereocenters. The fraction of sp³-hybridized carbons (Fsp3) is 0.200. The Bertz CT molecular complexity index is 1300. The molecule has 3 aromatic rings. The first-order chi connectivity index (χ1) is 14.2. The van der Waals surface area contributed by atoms with E-state index in [4.69, 9.17) is 14.3 Å². The minimum Gasteiger partial charge on any atom is -0.496 e. The van der Waals surface area contributed by atoms with Crippen molar-refractivity contribution in [1.29, 1.82) is 0 Å². The van der Waals surface area contributed by atoms with E-state index >= 15 is 0 Å². The molecule has 0 radical (unpaired) electrons. The highest BCUT2D eigenvalue weighted by molar-refractivity contribution is 9.10. The van der Waals surface area contributed by atoms with Crippen molar-refractivity contribution in [3.8, 4) is 5.75 Å². The van der Waals surface area contributed by atoms with Gasteiger partial charge in [-0.1, -0.05) is 13.3 Å². The van der Waals surface area contributed by atoms with E-state index in [1.54, 1.807) is 19.2 Å². The second-order valence-electron chi connectivity index (χ2n) is 6.50. The number of nitrogens with one attached hydrogen (secondary N) is 1. The van der Waals surface area contributed by atoms with Crippen LogP contribution in [0.4, 0.5) is 5.69 Å². The van der Waals surface area contributed by atoms with Crippen LogP contribution in [0.5, 0.6) is 5.75 Å². The molecular formula is C20H19BrN2O6S. The van der Waals surface area contributed by atoms with E-state index in [-0.39, 0.29) is 16.1 Å². The van der Waals surface area contributed by atoms with Gasteiger partial charge in [0.05, 0.1) is 17.7 Å². The number of sulfonamides is 1. The second-order valence-corrected chi connectivity index (χ2v) is 8.92. The third-order valence-corrected chi connectivity index (χ3v) is 6.01. The zero-order chi connectivity index (χ0) is 22.1. The number of halogens is 1. The van der Waals surface area contributed by atoms with Crippen LogP contribution in [0.2, 0.25) is 0 Å². The number of amides is 1. The minimum absolute atomic E-state index is 0.116. The summed E-state index contributed by atoms with van der Waals surface area (Å²) in [4.78, 5) is 25.1. The molecule has 2 aromatic carbocycles. The number of benzene rings is 2. The molecule has 8 nitrogen and oxygen atoms in total. The second kappa shape index (κ2) is 8.58. The number of hydrogen-bond donors (Lipinski definition) is 2. The number of primary sulfonamides is 1. The van der Waals surface area contributed by atoms with Gasteiger partial charge < -0.3 is 14.5 Å². The van der Waals surface area contributed by atoms with Crippen LogP contribution in [0.15, 0.2) is 55.0 Å². The monoisotopic (exact) mass is 494 g/mol. The van der Waals surface area contributed by atoms with Crippen molar-refractivity contribution < 1.29 is 22.4 Å². The van der Waals surface area contributed by atoms with Crippen molar-refractivity contribution in [2.45, 2.75) is 24.7 Å². The lowest BCUT2D eigenvalue weighted by molar-refractivity contribution is 0.102. The molecule has 0 aliphatic rings. The average Bonchev–Trinajstić information content (AvgIpc) is 2.68. The number of carbonyl (C=O) groups excluding carboxylic acids is 1. The first-order valence-electron chi connectivity index (χ1n) is 8.93. The molecule has 158 valence electrons. The highest BCUT2D eigenvalue weighted by atomic mass is 79.9. The number of fused-ring (bicyclic) bond motifs is 1. The number of carbonyl (C=O) groups is 1. The van der Waals surface area contributed by atoms with Crippen LogP contribution in [0, 0.1) is 0 Å². The number of methoxy groups -OCH3 is 1. The lowest BCUT2D eigenvalue weighted by Crippen LogP contribution is -2.21. The van der Waals surface area contributed by atoms with Gasteiger partial charge >= 0.3 is 5.63 Å². The van der Waals surface area contributed by atoms with Crippen molar-refractivity contribution >= 4 is 48.5 Å². The fourth-order valence-corrected chi connectivity index (χ4v) is 4.19. The summed E-state index contributed by atoms with van der Waals surface area (Å²) in [5, 5.41) is 8.25. The molecule has 0 atom stereocenters. The predicted octanol–water partition coefficient (Wildman–Crippen LogP) is 3.42. The van der Waals surface area contributed by atoms with Gasteiger partial charge in [-0.3, -0.25) is 4.79 Å². The lowest BCUT2D eigenvalue weighted by Gasteiger charge is -2.11. The number of ether oxygens (including phenoxy) is 1. The molecular weight excluding hydrogens is 476 g/mol. The molecule has 0 saturated carbocycles. The highest BCUT2D eigenvalue weighted by Crippen LogP contribution is 2.29. The Kier molecular flexibility index (Phi) is 6.30. The van der Waals surface area contributed by atoms with E-state index in [1.807, 2.05) is 6.92 Å². The van der Waals surface area contributed by atoms with E-state index < -0.39 is 21.6 Å². The van der Waals surface area contributed by atoms with E-state index in [1.165, 1.54) is 24.3 Å². The van der Waals surface area contributed by atoms with Gasteiger partial charge in [-0.15, -0.1) is 0 Å². The van der Waals surface area contributed by atoms with Gasteiger partial charge in [0.1, 0.15) is 16.9 Å². The van der Waals surface area contributed by atoms with Crippen molar-refractivity contribution in [1.82, 2.24) is 0 Å². The zero-order valence-electron chi connectivity index (χ0n) is 16.2. The van der Waals surface area contributed by atoms with Crippen LogP contribution >= 0.6 is 15.9 Å². The maximum atomic E-state index is 12.7. The van der Waals surface area contributed by atoms with Gasteiger partial charge in [-0.25, -0.2) is 18.4 Å². The Morgan fingerprint density at radius 2 is 1.97 bits per heavy atom. The van der Waals surface area contributed by atoms with E-state index in [9.17, 15) is 18.0 Å². The van der Waals surface area contributed by atoms with E-state index in [0.717, 1.165) is 12.0 Å². The molecule has 3 N–H and O–H groups in total. The normalized spacial score (nSPS) is 11.5. The molecule has 0 spiro atoms. The Balaban J connectivity index is 2.00. The van der Waals surface area contributed by atoms with Crippen molar-refractivity contribution in [2.75, 3.05) is 12.4 Å². The van der Waals surface area contributed by atoms with Gasteiger partial charge in [-0.05, 0) is 58.7 Å². The predicted molar refractivity (Wildman–Crippen MR) is 116 cm³/mol. The Labute approximate surface area is 181 Å². The quantitative estimate of drug-likeness (QED) is 0.505. The standard InChI is InChI=1S/C20H19BrN2O6S/c1-3-4-13-17(28-2)8-5-11-9-14(20(25)29-18(11)13)19(24)23-16-7-6-12(10-15(16)21)30(22,26)27/h5-10H,3-4H2,1-2H3,(H,23,24)(H2,22,26,27). The summed E-state index contributed by atoms with van der Waals surface area (Å²) in [6.07, 6.45) is 1.47. The van der Waals surface area contributed by atoms with Crippen LogP contribution in [-0.4, -0.2) is 21.4 Å². The number of hydrogen-bond acceptors (Lipinski definition) is 6.